The topological polar surface area (TPSA) is 39.7 Å². The van der Waals surface area contributed by atoms with Gasteiger partial charge in [0.2, 0.25) is 5.91 Å². The normalized spacial score (nSPS) is 17.7. The maximum absolute atomic E-state index is 11.7. The second kappa shape index (κ2) is 7.06. The second-order valence-electron chi connectivity index (χ2n) is 7.22. The van der Waals surface area contributed by atoms with E-state index in [-0.39, 0.29) is 11.3 Å². The fourth-order valence-electron chi connectivity index (χ4n) is 2.36. The van der Waals surface area contributed by atoms with Crippen LogP contribution in [0.25, 0.3) is 0 Å². The molecule has 5 nitrogen and oxygen atoms in total. The molecule has 2 rings (SSSR count). The Labute approximate surface area is 137 Å². The van der Waals surface area contributed by atoms with Crippen LogP contribution in [0.5, 0.6) is 0 Å². The van der Waals surface area contributed by atoms with Crippen molar-refractivity contribution in [2.75, 3.05) is 46.8 Å². The largest absolute Gasteiger partial charge is 0.348 e. The standard InChI is InChI=1S/C16H28N4OS/c1-16(2,3)13-12-22-14(17-13)10-19-6-8-20(9-7-19)11-15(21)18(4)5/h12H,6-11H2,1-5H3. The van der Waals surface area contributed by atoms with Gasteiger partial charge in [-0.1, -0.05) is 20.8 Å². The van der Waals surface area contributed by atoms with Gasteiger partial charge in [-0.25, -0.2) is 4.98 Å². The maximum Gasteiger partial charge on any atom is 0.236 e. The summed E-state index contributed by atoms with van der Waals surface area (Å²) in [6.45, 7) is 12.0. The molecule has 1 saturated heterocycles. The fraction of sp³-hybridized carbons (Fsp3) is 0.750. The van der Waals surface area contributed by atoms with Crippen LogP contribution in [-0.4, -0.2) is 72.4 Å². The van der Waals surface area contributed by atoms with E-state index in [2.05, 4.69) is 36.0 Å². The summed E-state index contributed by atoms with van der Waals surface area (Å²) in [7, 11) is 3.63. The van der Waals surface area contributed by atoms with Crippen LogP contribution in [-0.2, 0) is 16.8 Å². The van der Waals surface area contributed by atoms with Crippen LogP contribution in [0.4, 0.5) is 0 Å². The van der Waals surface area contributed by atoms with Gasteiger partial charge in [0.05, 0.1) is 18.8 Å². The number of rotatable bonds is 4. The molecule has 1 aromatic heterocycles. The first-order chi connectivity index (χ1) is 10.3. The molecule has 0 saturated carbocycles. The summed E-state index contributed by atoms with van der Waals surface area (Å²) in [4.78, 5) is 22.8. The first kappa shape index (κ1) is 17.4. The van der Waals surface area contributed by atoms with Crippen molar-refractivity contribution in [3.05, 3.63) is 16.1 Å². The number of nitrogens with zero attached hydrogens (tertiary/aromatic N) is 4. The average molecular weight is 324 g/mol. The quantitative estimate of drug-likeness (QED) is 0.844. The summed E-state index contributed by atoms with van der Waals surface area (Å²) in [5.41, 5.74) is 1.31. The van der Waals surface area contributed by atoms with Crippen LogP contribution >= 0.6 is 11.3 Å². The molecule has 0 atom stereocenters. The Morgan fingerprint density at radius 1 is 1.23 bits per heavy atom. The van der Waals surface area contributed by atoms with Gasteiger partial charge in [-0.2, -0.15) is 0 Å². The molecule has 2 heterocycles. The smallest absolute Gasteiger partial charge is 0.236 e. The SMILES string of the molecule is CN(C)C(=O)CN1CCN(Cc2nc(C(C)(C)C)cs2)CC1. The number of piperazine rings is 1. The first-order valence-electron chi connectivity index (χ1n) is 7.85. The third kappa shape index (κ3) is 4.76. The number of amides is 1. The number of hydrogen-bond acceptors (Lipinski definition) is 5. The van der Waals surface area contributed by atoms with Crippen molar-refractivity contribution in [2.45, 2.75) is 32.7 Å². The zero-order valence-corrected chi connectivity index (χ0v) is 15.2. The predicted octanol–water partition coefficient (Wildman–Crippen LogP) is 1.65. The maximum atomic E-state index is 11.7. The van der Waals surface area contributed by atoms with Crippen molar-refractivity contribution in [2.24, 2.45) is 0 Å². The molecule has 1 fully saturated rings. The van der Waals surface area contributed by atoms with Gasteiger partial charge in [-0.3, -0.25) is 14.6 Å². The summed E-state index contributed by atoms with van der Waals surface area (Å²) >= 11 is 1.76. The van der Waals surface area contributed by atoms with Crippen LogP contribution < -0.4 is 0 Å². The van der Waals surface area contributed by atoms with Crippen molar-refractivity contribution in [3.8, 4) is 0 Å². The summed E-state index contributed by atoms with van der Waals surface area (Å²) in [5.74, 6) is 0.184. The average Bonchev–Trinajstić information content (AvgIpc) is 2.89. The molecule has 1 amide bonds. The second-order valence-corrected chi connectivity index (χ2v) is 8.16. The number of carbonyl (C=O) groups excluding carboxylic acids is 1. The van der Waals surface area contributed by atoms with E-state index in [1.807, 2.05) is 14.1 Å². The van der Waals surface area contributed by atoms with Crippen LogP contribution in [0.1, 0.15) is 31.5 Å². The van der Waals surface area contributed by atoms with Gasteiger partial charge in [0.25, 0.3) is 0 Å². The lowest BCUT2D eigenvalue weighted by atomic mass is 9.93. The lowest BCUT2D eigenvalue weighted by Gasteiger charge is -2.34. The van der Waals surface area contributed by atoms with E-state index in [1.165, 1.54) is 10.7 Å². The van der Waals surface area contributed by atoms with Crippen molar-refractivity contribution >= 4 is 17.2 Å². The molecule has 6 heteroatoms. The lowest BCUT2D eigenvalue weighted by Crippen LogP contribution is -2.48. The highest BCUT2D eigenvalue weighted by atomic mass is 32.1. The highest BCUT2D eigenvalue weighted by Crippen LogP contribution is 2.24. The van der Waals surface area contributed by atoms with Gasteiger partial charge < -0.3 is 4.90 Å². The lowest BCUT2D eigenvalue weighted by molar-refractivity contribution is -0.130. The molecule has 0 bridgehead atoms. The Hall–Kier alpha value is -0.980. The van der Waals surface area contributed by atoms with Crippen molar-refractivity contribution in [3.63, 3.8) is 0 Å². The zero-order chi connectivity index (χ0) is 16.3. The molecule has 0 spiro atoms. The summed E-state index contributed by atoms with van der Waals surface area (Å²) in [6.07, 6.45) is 0. The number of carbonyl (C=O) groups is 1. The molecule has 0 aliphatic carbocycles. The van der Waals surface area contributed by atoms with Gasteiger partial charge in [-0.15, -0.1) is 11.3 Å². The van der Waals surface area contributed by atoms with Gasteiger partial charge in [-0.05, 0) is 0 Å². The Kier molecular flexibility index (Phi) is 5.58. The Morgan fingerprint density at radius 3 is 2.32 bits per heavy atom. The van der Waals surface area contributed by atoms with E-state index in [0.717, 1.165) is 32.7 Å². The number of thiazole rings is 1. The third-order valence-electron chi connectivity index (χ3n) is 4.00. The monoisotopic (exact) mass is 324 g/mol. The van der Waals surface area contributed by atoms with E-state index in [4.69, 9.17) is 4.98 Å². The van der Waals surface area contributed by atoms with Gasteiger partial charge in [0.1, 0.15) is 5.01 Å². The zero-order valence-electron chi connectivity index (χ0n) is 14.4. The Morgan fingerprint density at radius 2 is 1.82 bits per heavy atom. The highest BCUT2D eigenvalue weighted by Gasteiger charge is 2.22. The molecule has 0 unspecified atom stereocenters. The molecular weight excluding hydrogens is 296 g/mol. The first-order valence-corrected chi connectivity index (χ1v) is 8.73. The molecule has 0 aromatic carbocycles. The van der Waals surface area contributed by atoms with Crippen molar-refractivity contribution in [1.82, 2.24) is 19.7 Å². The summed E-state index contributed by atoms with van der Waals surface area (Å²) in [5, 5.41) is 3.38. The predicted molar refractivity (Wildman–Crippen MR) is 91.2 cm³/mol. The number of aromatic nitrogens is 1. The molecule has 0 N–H and O–H groups in total. The summed E-state index contributed by atoms with van der Waals surface area (Å²) < 4.78 is 0. The van der Waals surface area contributed by atoms with Crippen LogP contribution in [0.2, 0.25) is 0 Å². The molecule has 0 radical (unpaired) electrons. The van der Waals surface area contributed by atoms with Gasteiger partial charge in [0.15, 0.2) is 0 Å². The molecular formula is C16H28N4OS. The van der Waals surface area contributed by atoms with E-state index in [1.54, 1.807) is 16.2 Å². The van der Waals surface area contributed by atoms with E-state index in [9.17, 15) is 4.79 Å². The van der Waals surface area contributed by atoms with Crippen LogP contribution in [0, 0.1) is 0 Å². The van der Waals surface area contributed by atoms with Crippen LogP contribution in [0.15, 0.2) is 5.38 Å². The van der Waals surface area contributed by atoms with Gasteiger partial charge in [0, 0.05) is 51.1 Å². The van der Waals surface area contributed by atoms with E-state index in [0.29, 0.717) is 6.54 Å². The van der Waals surface area contributed by atoms with Gasteiger partial charge >= 0.3 is 0 Å². The minimum atomic E-state index is 0.125. The van der Waals surface area contributed by atoms with E-state index < -0.39 is 0 Å². The van der Waals surface area contributed by atoms with Crippen LogP contribution in [0.3, 0.4) is 0 Å². The number of hydrogen-bond donors (Lipinski definition) is 0. The molecule has 1 aliphatic rings. The fourth-order valence-corrected chi connectivity index (χ4v) is 3.42. The third-order valence-corrected chi connectivity index (χ3v) is 4.84. The molecule has 1 aliphatic heterocycles. The Balaban J connectivity index is 1.80. The molecule has 1 aromatic rings. The minimum absolute atomic E-state index is 0.125. The van der Waals surface area contributed by atoms with Crippen molar-refractivity contribution in [1.29, 1.82) is 0 Å². The van der Waals surface area contributed by atoms with Crippen molar-refractivity contribution < 1.29 is 4.79 Å². The molecule has 124 valence electrons. The number of likely N-dealkylation sites (N-methyl/N-ethyl adjacent to an activating group) is 1. The summed E-state index contributed by atoms with van der Waals surface area (Å²) in [6, 6.07) is 0. The molecule has 22 heavy (non-hydrogen) atoms. The Bertz CT molecular complexity index is 498. The minimum Gasteiger partial charge on any atom is -0.348 e. The highest BCUT2D eigenvalue weighted by molar-refractivity contribution is 7.09. The van der Waals surface area contributed by atoms with E-state index >= 15 is 0 Å².